The molecule has 13 heavy (non-hydrogen) atoms. The number of aromatic nitrogens is 1. The van der Waals surface area contributed by atoms with E-state index in [1.165, 1.54) is 11.1 Å². The van der Waals surface area contributed by atoms with Crippen LogP contribution in [-0.2, 0) is 0 Å². The van der Waals surface area contributed by atoms with Crippen LogP contribution in [0.2, 0.25) is 0 Å². The summed E-state index contributed by atoms with van der Waals surface area (Å²) < 4.78 is 0. The summed E-state index contributed by atoms with van der Waals surface area (Å²) in [6.07, 6.45) is 11.1. The van der Waals surface area contributed by atoms with Gasteiger partial charge in [0.25, 0.3) is 0 Å². The van der Waals surface area contributed by atoms with Crippen molar-refractivity contribution < 1.29 is 0 Å². The van der Waals surface area contributed by atoms with Crippen LogP contribution in [0.1, 0.15) is 25.8 Å². The maximum absolute atomic E-state index is 4.00. The molecule has 0 saturated carbocycles. The van der Waals surface area contributed by atoms with Crippen molar-refractivity contribution >= 4 is 5.57 Å². The van der Waals surface area contributed by atoms with Crippen LogP contribution in [0.5, 0.6) is 0 Å². The number of nitrogens with zero attached hydrogens (tertiary/aromatic N) is 1. The van der Waals surface area contributed by atoms with Crippen molar-refractivity contribution in [2.45, 2.75) is 20.3 Å². The third-order valence-corrected chi connectivity index (χ3v) is 1.78. The summed E-state index contributed by atoms with van der Waals surface area (Å²) in [6.45, 7) is 4.18. The molecular formula is C12H15N. The maximum atomic E-state index is 4.00. The first-order valence-electron chi connectivity index (χ1n) is 4.61. The van der Waals surface area contributed by atoms with Gasteiger partial charge in [-0.15, -0.1) is 0 Å². The molecule has 0 spiro atoms. The molecule has 1 aromatic rings. The second kappa shape index (κ2) is 5.31. The Morgan fingerprint density at radius 1 is 1.38 bits per heavy atom. The fourth-order valence-electron chi connectivity index (χ4n) is 1.23. The molecule has 0 bridgehead atoms. The molecule has 0 saturated heterocycles. The van der Waals surface area contributed by atoms with E-state index in [-0.39, 0.29) is 0 Å². The monoisotopic (exact) mass is 173 g/mol. The lowest BCUT2D eigenvalue weighted by atomic mass is 10.1. The topological polar surface area (TPSA) is 12.9 Å². The van der Waals surface area contributed by atoms with E-state index in [1.54, 1.807) is 0 Å². The first-order chi connectivity index (χ1) is 6.38. The predicted octanol–water partition coefficient (Wildman–Crippen LogP) is 3.45. The standard InChI is InChI=1S/C12H15N/c1-3-5-11(6-4-2)12-7-9-13-10-8-12/h3,5-10H,4H2,1-2H3/b5-3-,11-6+. The van der Waals surface area contributed by atoms with Crippen LogP contribution in [0, 0.1) is 0 Å². The number of hydrogen-bond donors (Lipinski definition) is 0. The van der Waals surface area contributed by atoms with E-state index in [0.717, 1.165) is 6.42 Å². The summed E-state index contributed by atoms with van der Waals surface area (Å²) in [5, 5.41) is 0. The van der Waals surface area contributed by atoms with Gasteiger partial charge in [0.15, 0.2) is 0 Å². The Morgan fingerprint density at radius 3 is 2.62 bits per heavy atom. The Kier molecular flexibility index (Phi) is 3.97. The van der Waals surface area contributed by atoms with Crippen molar-refractivity contribution in [3.05, 3.63) is 48.3 Å². The molecule has 0 aromatic carbocycles. The highest BCUT2D eigenvalue weighted by Crippen LogP contribution is 2.15. The van der Waals surface area contributed by atoms with Crippen molar-refractivity contribution in [2.75, 3.05) is 0 Å². The number of pyridine rings is 1. The molecule has 1 aromatic heterocycles. The number of hydrogen-bond acceptors (Lipinski definition) is 1. The molecule has 68 valence electrons. The van der Waals surface area contributed by atoms with Gasteiger partial charge < -0.3 is 0 Å². The van der Waals surface area contributed by atoms with E-state index in [2.05, 4.69) is 30.1 Å². The van der Waals surface area contributed by atoms with Crippen LogP contribution >= 0.6 is 0 Å². The van der Waals surface area contributed by atoms with Gasteiger partial charge in [0, 0.05) is 12.4 Å². The molecule has 1 heteroatoms. The fourth-order valence-corrected chi connectivity index (χ4v) is 1.23. The summed E-state index contributed by atoms with van der Waals surface area (Å²) in [6, 6.07) is 4.06. The summed E-state index contributed by atoms with van der Waals surface area (Å²) in [5.74, 6) is 0. The van der Waals surface area contributed by atoms with Crippen LogP contribution in [0.4, 0.5) is 0 Å². The lowest BCUT2D eigenvalue weighted by Crippen LogP contribution is -1.81. The van der Waals surface area contributed by atoms with E-state index < -0.39 is 0 Å². The van der Waals surface area contributed by atoms with Crippen LogP contribution in [-0.4, -0.2) is 4.98 Å². The van der Waals surface area contributed by atoms with Gasteiger partial charge in [0.05, 0.1) is 0 Å². The Labute approximate surface area is 79.8 Å². The van der Waals surface area contributed by atoms with Gasteiger partial charge in [0.2, 0.25) is 0 Å². The average molecular weight is 173 g/mol. The Morgan fingerprint density at radius 2 is 2.08 bits per heavy atom. The zero-order chi connectivity index (χ0) is 9.52. The van der Waals surface area contributed by atoms with Crippen molar-refractivity contribution in [3.63, 3.8) is 0 Å². The molecular weight excluding hydrogens is 158 g/mol. The zero-order valence-electron chi connectivity index (χ0n) is 8.20. The van der Waals surface area contributed by atoms with Gasteiger partial charge >= 0.3 is 0 Å². The minimum Gasteiger partial charge on any atom is -0.265 e. The first-order valence-corrected chi connectivity index (χ1v) is 4.61. The van der Waals surface area contributed by atoms with E-state index in [0.29, 0.717) is 0 Å². The highest BCUT2D eigenvalue weighted by molar-refractivity contribution is 5.73. The van der Waals surface area contributed by atoms with E-state index >= 15 is 0 Å². The first kappa shape index (κ1) is 9.72. The minimum atomic E-state index is 1.06. The quantitative estimate of drug-likeness (QED) is 0.638. The van der Waals surface area contributed by atoms with E-state index in [9.17, 15) is 0 Å². The second-order valence-electron chi connectivity index (χ2n) is 2.80. The largest absolute Gasteiger partial charge is 0.265 e. The highest BCUT2D eigenvalue weighted by atomic mass is 14.6. The fraction of sp³-hybridized carbons (Fsp3) is 0.250. The lowest BCUT2D eigenvalue weighted by Gasteiger charge is -2.00. The second-order valence-corrected chi connectivity index (χ2v) is 2.80. The van der Waals surface area contributed by atoms with E-state index in [4.69, 9.17) is 0 Å². The summed E-state index contributed by atoms with van der Waals surface area (Å²) in [4.78, 5) is 4.00. The van der Waals surface area contributed by atoms with Crippen LogP contribution in [0.15, 0.2) is 42.8 Å². The Balaban J connectivity index is 2.96. The molecule has 1 nitrogen and oxygen atoms in total. The van der Waals surface area contributed by atoms with Gasteiger partial charge in [0.1, 0.15) is 0 Å². The number of allylic oxidation sites excluding steroid dienone is 4. The SMILES string of the molecule is C/C=C\C(=C/CC)c1ccncc1. The third-order valence-electron chi connectivity index (χ3n) is 1.78. The molecule has 0 aliphatic carbocycles. The molecule has 0 atom stereocenters. The molecule has 0 fully saturated rings. The molecule has 0 amide bonds. The van der Waals surface area contributed by atoms with Crippen LogP contribution in [0.3, 0.4) is 0 Å². The smallest absolute Gasteiger partial charge is 0.0273 e. The normalized spacial score (nSPS) is 12.3. The summed E-state index contributed by atoms with van der Waals surface area (Å²) in [7, 11) is 0. The van der Waals surface area contributed by atoms with Gasteiger partial charge in [-0.25, -0.2) is 0 Å². The lowest BCUT2D eigenvalue weighted by molar-refractivity contribution is 1.22. The van der Waals surface area contributed by atoms with Gasteiger partial charge in [-0.2, -0.15) is 0 Å². The molecule has 0 unspecified atom stereocenters. The van der Waals surface area contributed by atoms with Crippen molar-refractivity contribution in [1.82, 2.24) is 4.98 Å². The molecule has 0 aliphatic rings. The van der Waals surface area contributed by atoms with E-state index in [1.807, 2.05) is 31.5 Å². The minimum absolute atomic E-state index is 1.06. The van der Waals surface area contributed by atoms with Crippen LogP contribution < -0.4 is 0 Å². The maximum Gasteiger partial charge on any atom is 0.0273 e. The van der Waals surface area contributed by atoms with Crippen molar-refractivity contribution in [3.8, 4) is 0 Å². The van der Waals surface area contributed by atoms with Gasteiger partial charge in [-0.1, -0.05) is 25.2 Å². The molecule has 0 N–H and O–H groups in total. The molecule has 0 radical (unpaired) electrons. The molecule has 0 aliphatic heterocycles. The van der Waals surface area contributed by atoms with Gasteiger partial charge in [-0.05, 0) is 36.6 Å². The Bertz CT molecular complexity index is 296. The van der Waals surface area contributed by atoms with Gasteiger partial charge in [-0.3, -0.25) is 4.98 Å². The third kappa shape index (κ3) is 2.86. The summed E-state index contributed by atoms with van der Waals surface area (Å²) in [5.41, 5.74) is 2.50. The molecule has 1 heterocycles. The van der Waals surface area contributed by atoms with Crippen molar-refractivity contribution in [2.24, 2.45) is 0 Å². The number of rotatable bonds is 3. The van der Waals surface area contributed by atoms with Crippen LogP contribution in [0.25, 0.3) is 5.57 Å². The zero-order valence-corrected chi connectivity index (χ0v) is 8.20. The summed E-state index contributed by atoms with van der Waals surface area (Å²) >= 11 is 0. The predicted molar refractivity (Wildman–Crippen MR) is 57.3 cm³/mol. The highest BCUT2D eigenvalue weighted by Gasteiger charge is 1.94. The Hall–Kier alpha value is -1.37. The van der Waals surface area contributed by atoms with Crippen molar-refractivity contribution in [1.29, 1.82) is 0 Å². The average Bonchev–Trinajstić information content (AvgIpc) is 2.19. The molecule has 1 rings (SSSR count).